The lowest BCUT2D eigenvalue weighted by molar-refractivity contribution is 0.0734. The third-order valence-corrected chi connectivity index (χ3v) is 15.5. The van der Waals surface area contributed by atoms with E-state index in [0.717, 1.165) is 38.3 Å². The molecule has 6 rings (SSSR count). The summed E-state index contributed by atoms with van der Waals surface area (Å²) in [6.45, 7) is 11.1. The van der Waals surface area contributed by atoms with Gasteiger partial charge in [0.15, 0.2) is 0 Å². The number of hydrogen-bond donors (Lipinski definition) is 0. The molecule has 0 radical (unpaired) electrons. The van der Waals surface area contributed by atoms with Gasteiger partial charge in [-0.2, -0.15) is 0 Å². The highest BCUT2D eigenvalue weighted by molar-refractivity contribution is 6.90. The average Bonchev–Trinajstić information content (AvgIpc) is 3.59. The number of rotatable bonds is 4. The first-order chi connectivity index (χ1) is 20.3. The second kappa shape index (κ2) is 9.48. The van der Waals surface area contributed by atoms with Crippen LogP contribution in [0.15, 0.2) is 48.9 Å². The minimum absolute atomic E-state index is 0.283. The summed E-state index contributed by atoms with van der Waals surface area (Å²) in [7, 11) is -0.132. The van der Waals surface area contributed by atoms with Crippen molar-refractivity contribution < 1.29 is 8.91 Å². The Labute approximate surface area is 242 Å². The van der Waals surface area contributed by atoms with Crippen molar-refractivity contribution in [2.45, 2.75) is 76.7 Å². The Hall–Kier alpha value is -3.63. The molecule has 7 heteroatoms. The Morgan fingerprint density at radius 1 is 1.05 bits per heavy atom. The van der Waals surface area contributed by atoms with Gasteiger partial charge < -0.3 is 14.0 Å². The van der Waals surface area contributed by atoms with Gasteiger partial charge in [-0.15, -0.1) is 5.54 Å². The largest absolute Gasteiger partial charge is 0.340 e. The van der Waals surface area contributed by atoms with Crippen molar-refractivity contribution in [3.8, 4) is 22.7 Å². The van der Waals surface area contributed by atoms with Gasteiger partial charge in [0.2, 0.25) is 0 Å². The molecule has 2 atom stereocenters. The van der Waals surface area contributed by atoms with E-state index in [-0.39, 0.29) is 6.04 Å². The molecule has 0 saturated heterocycles. The number of carbonyl (C=O) groups excluding carboxylic acids is 1. The molecule has 2 aliphatic heterocycles. The minimum atomic E-state index is -2.63. The highest BCUT2D eigenvalue weighted by atomic mass is 28.3. The highest BCUT2D eigenvalue weighted by Gasteiger charge is 2.45. The summed E-state index contributed by atoms with van der Waals surface area (Å²) in [5, 5.41) is 0. The lowest BCUT2D eigenvalue weighted by Gasteiger charge is -2.38. The second-order valence-corrected chi connectivity index (χ2v) is 17.9. The maximum absolute atomic E-state index is 14.1. The Balaban J connectivity index is 1.62. The molecule has 6 nitrogen and oxygen atoms in total. The monoisotopic (exact) mass is 552 g/mol. The Morgan fingerprint density at radius 3 is 2.45 bits per heavy atom. The molecule has 40 heavy (non-hydrogen) atoms. The van der Waals surface area contributed by atoms with Crippen LogP contribution in [0.5, 0.6) is 0 Å². The summed E-state index contributed by atoms with van der Waals surface area (Å²) in [6, 6.07) is 10.7. The van der Waals surface area contributed by atoms with E-state index in [1.807, 2.05) is 42.1 Å². The summed E-state index contributed by atoms with van der Waals surface area (Å²) in [5.74, 6) is 3.72. The number of benzene rings is 2. The number of nitrogens with zero attached hydrogens (tertiary/aromatic N) is 5. The van der Waals surface area contributed by atoms with E-state index in [9.17, 15) is 4.79 Å². The van der Waals surface area contributed by atoms with Crippen molar-refractivity contribution in [2.24, 2.45) is 7.05 Å². The quantitative estimate of drug-likeness (QED) is 0.200. The molecule has 0 unspecified atom stereocenters. The van der Waals surface area contributed by atoms with Gasteiger partial charge in [0.05, 0.1) is 35.1 Å². The van der Waals surface area contributed by atoms with Gasteiger partial charge in [-0.3, -0.25) is 4.79 Å². The first-order valence-electron chi connectivity index (χ1n) is 15.8. The Kier molecular flexibility index (Phi) is 5.48. The molecular weight excluding hydrogens is 510 g/mol. The zero-order chi connectivity index (χ0) is 31.0. The van der Waals surface area contributed by atoms with E-state index in [1.165, 1.54) is 0 Å². The number of aromatic nitrogens is 4. The number of hydrogen-bond acceptors (Lipinski definition) is 3. The minimum Gasteiger partial charge on any atom is -0.340 e. The van der Waals surface area contributed by atoms with Crippen molar-refractivity contribution in [1.82, 2.24) is 24.0 Å². The normalized spacial score (nSPS) is 19.8. The van der Waals surface area contributed by atoms with Gasteiger partial charge in [-0.1, -0.05) is 59.6 Å². The van der Waals surface area contributed by atoms with E-state index in [2.05, 4.69) is 68.6 Å². The molecule has 0 spiro atoms. The summed E-state index contributed by atoms with van der Waals surface area (Å²) >= 11 is 0. The van der Waals surface area contributed by atoms with Crippen LogP contribution in [0.1, 0.15) is 91.5 Å². The lowest BCUT2D eigenvalue weighted by atomic mass is 9.93. The smallest absolute Gasteiger partial charge is 0.254 e. The molecule has 1 amide bonds. The van der Waals surface area contributed by atoms with Crippen molar-refractivity contribution in [2.75, 3.05) is 6.98 Å². The fraction of sp³-hybridized carbons (Fsp3) is 0.424. The van der Waals surface area contributed by atoms with Crippen LogP contribution >= 0.6 is 0 Å². The first-order valence-corrected chi connectivity index (χ1v) is 16.5. The Morgan fingerprint density at radius 2 is 1.80 bits per heavy atom. The van der Waals surface area contributed by atoms with Crippen molar-refractivity contribution in [1.29, 1.82) is 0 Å². The van der Waals surface area contributed by atoms with Crippen molar-refractivity contribution in [3.63, 3.8) is 0 Å². The first kappa shape index (κ1) is 23.1. The topological polar surface area (TPSA) is 56.0 Å². The zero-order valence-corrected chi connectivity index (χ0v) is 25.4. The summed E-state index contributed by atoms with van der Waals surface area (Å²) in [5.41, 5.74) is 10.7. The second-order valence-electron chi connectivity index (χ2n) is 12.3. The third kappa shape index (κ3) is 3.80. The third-order valence-electron chi connectivity index (χ3n) is 9.25. The van der Waals surface area contributed by atoms with Crippen LogP contribution in [0, 0.1) is 11.5 Å². The average molecular weight is 553 g/mol. The molecule has 206 valence electrons. The van der Waals surface area contributed by atoms with E-state index in [4.69, 9.17) is 9.10 Å². The molecule has 2 bridgehead atoms. The van der Waals surface area contributed by atoms with Crippen LogP contribution in [0.2, 0.25) is 16.6 Å². The van der Waals surface area contributed by atoms with E-state index in [0.29, 0.717) is 34.4 Å². The molecule has 2 aromatic heterocycles. The number of aryl methyl sites for hydroxylation is 1. The van der Waals surface area contributed by atoms with E-state index >= 15 is 0 Å². The fourth-order valence-corrected chi connectivity index (χ4v) is 12.6. The van der Waals surface area contributed by atoms with Crippen molar-refractivity contribution >= 4 is 25.0 Å². The lowest BCUT2D eigenvalue weighted by Crippen LogP contribution is -2.43. The molecule has 0 N–H and O–H groups in total. The number of carbonyl (C=O) groups is 1. The molecule has 4 aromatic rings. The van der Waals surface area contributed by atoms with Crippen LogP contribution in [-0.2, 0) is 7.05 Å². The number of amides is 1. The molecule has 2 aromatic carbocycles. The zero-order valence-electron chi connectivity index (χ0n) is 27.4. The van der Waals surface area contributed by atoms with Crippen LogP contribution in [-0.4, -0.2) is 45.0 Å². The van der Waals surface area contributed by atoms with Gasteiger partial charge in [0.25, 0.3) is 5.91 Å². The summed E-state index contributed by atoms with van der Waals surface area (Å²) < 4.78 is 29.3. The molecule has 0 aliphatic carbocycles. The van der Waals surface area contributed by atoms with Crippen molar-refractivity contribution in [3.05, 3.63) is 71.4 Å². The van der Waals surface area contributed by atoms with E-state index in [1.54, 1.807) is 12.4 Å². The molecular formula is C33H39N5OSi. The number of imidazole rings is 2. The van der Waals surface area contributed by atoms with Gasteiger partial charge in [-0.05, 0) is 40.9 Å². The Bertz CT molecular complexity index is 1780. The summed E-state index contributed by atoms with van der Waals surface area (Å²) in [6.07, 6.45) is 4.18. The maximum Gasteiger partial charge on any atom is 0.254 e. The molecule has 4 heterocycles. The van der Waals surface area contributed by atoms with Gasteiger partial charge in [-0.25, -0.2) is 9.97 Å². The van der Waals surface area contributed by atoms with E-state index < -0.39 is 27.0 Å². The van der Waals surface area contributed by atoms with Crippen LogP contribution in [0.3, 0.4) is 0 Å². The SMILES string of the molecule is [2H]C([2H])([2H])N1C(=O)c2cccc(C#C[Si](C(C)C)(C(C)C)C(C)C)c2[C@H]2C[C@@H]1c1nc3ccc(-c4cn(C)cn4)cc3n12. The highest BCUT2D eigenvalue weighted by Crippen LogP contribution is 2.48. The fourth-order valence-electron chi connectivity index (χ4n) is 7.39. The summed E-state index contributed by atoms with van der Waals surface area (Å²) in [4.78, 5) is 24.6. The van der Waals surface area contributed by atoms with Crippen LogP contribution < -0.4 is 0 Å². The van der Waals surface area contributed by atoms with Gasteiger partial charge in [0, 0.05) is 53.0 Å². The predicted octanol–water partition coefficient (Wildman–Crippen LogP) is 7.13. The molecule has 2 aliphatic rings. The number of fused-ring (bicyclic) bond motifs is 9. The van der Waals surface area contributed by atoms with Gasteiger partial charge >= 0.3 is 0 Å². The van der Waals surface area contributed by atoms with Gasteiger partial charge in [0.1, 0.15) is 13.9 Å². The maximum atomic E-state index is 14.1. The van der Waals surface area contributed by atoms with Crippen LogP contribution in [0.25, 0.3) is 22.3 Å². The standard InChI is InChI=1S/C33H39N5OSi/c1-20(2)40(21(3)4,22(5)6)15-14-23-10-9-11-25-31(23)29-17-30(37(8)33(25)39)32-35-26-13-12-24(16-28(26)38(29)32)27-18-36(7)19-34-27/h9-13,16,18-22,29-30H,17H2,1-8H3/t29-,30-/m1/s1/i8D3. The molecule has 0 saturated carbocycles. The predicted molar refractivity (Wildman–Crippen MR) is 164 cm³/mol. The molecule has 0 fully saturated rings. The van der Waals surface area contributed by atoms with Crippen LogP contribution in [0.4, 0.5) is 0 Å².